The van der Waals surface area contributed by atoms with Crippen molar-refractivity contribution in [1.82, 2.24) is 5.32 Å². The molecule has 1 saturated carbocycles. The normalized spacial score (nSPS) is 21.4. The third-order valence-electron chi connectivity index (χ3n) is 3.92. The van der Waals surface area contributed by atoms with Crippen LogP contribution in [0.3, 0.4) is 0 Å². The van der Waals surface area contributed by atoms with Crippen LogP contribution < -0.4 is 11.1 Å². The number of aliphatic hydroxyl groups excluding tert-OH is 1. The van der Waals surface area contributed by atoms with Gasteiger partial charge < -0.3 is 16.2 Å². The van der Waals surface area contributed by atoms with E-state index in [4.69, 9.17) is 5.73 Å². The molecule has 1 atom stereocenters. The highest BCUT2D eigenvalue weighted by Crippen LogP contribution is 2.35. The van der Waals surface area contributed by atoms with Crippen LogP contribution in [0.4, 0.5) is 0 Å². The first-order chi connectivity index (χ1) is 8.01. The van der Waals surface area contributed by atoms with E-state index in [1.807, 2.05) is 13.8 Å². The zero-order valence-electron chi connectivity index (χ0n) is 11.0. The van der Waals surface area contributed by atoms with Gasteiger partial charge in [-0.1, -0.05) is 33.1 Å². The molecule has 1 aliphatic rings. The van der Waals surface area contributed by atoms with Crippen LogP contribution in [0.2, 0.25) is 0 Å². The minimum Gasteiger partial charge on any atom is -0.396 e. The fourth-order valence-corrected chi connectivity index (χ4v) is 2.68. The molecule has 100 valence electrons. The lowest BCUT2D eigenvalue weighted by atomic mass is 9.74. The average molecular weight is 242 g/mol. The number of rotatable bonds is 6. The van der Waals surface area contributed by atoms with Crippen molar-refractivity contribution < 1.29 is 9.90 Å². The Kier molecular flexibility index (Phi) is 5.40. The number of aliphatic hydroxyl groups is 1. The standard InChI is InChI=1S/C13H26N2O2/c1-10(2)11(12(14)17)15-8-13(9-16)6-4-3-5-7-13/h10-11,15-16H,3-9H2,1-2H3,(H2,14,17). The second kappa shape index (κ2) is 6.36. The molecule has 0 spiro atoms. The van der Waals surface area contributed by atoms with Crippen LogP contribution in [0.15, 0.2) is 0 Å². The Balaban J connectivity index is 2.53. The number of primary amides is 1. The van der Waals surface area contributed by atoms with Gasteiger partial charge in [0.1, 0.15) is 0 Å². The number of amides is 1. The molecule has 0 bridgehead atoms. The summed E-state index contributed by atoms with van der Waals surface area (Å²) in [5.41, 5.74) is 5.33. The van der Waals surface area contributed by atoms with E-state index in [-0.39, 0.29) is 29.9 Å². The van der Waals surface area contributed by atoms with Gasteiger partial charge in [0.15, 0.2) is 0 Å². The van der Waals surface area contributed by atoms with Gasteiger partial charge in [-0.05, 0) is 18.8 Å². The van der Waals surface area contributed by atoms with Crippen LogP contribution in [-0.4, -0.2) is 30.2 Å². The van der Waals surface area contributed by atoms with Crippen molar-refractivity contribution >= 4 is 5.91 Å². The molecule has 1 rings (SSSR count). The lowest BCUT2D eigenvalue weighted by Gasteiger charge is -2.37. The van der Waals surface area contributed by atoms with E-state index in [1.165, 1.54) is 19.3 Å². The van der Waals surface area contributed by atoms with Gasteiger partial charge in [0.2, 0.25) is 5.91 Å². The average Bonchev–Trinajstić information content (AvgIpc) is 2.29. The maximum atomic E-state index is 11.3. The molecule has 0 radical (unpaired) electrons. The van der Waals surface area contributed by atoms with E-state index < -0.39 is 0 Å². The second-order valence-electron chi connectivity index (χ2n) is 5.72. The predicted octanol–water partition coefficient (Wildman–Crippen LogP) is 1.03. The minimum atomic E-state index is -0.302. The van der Waals surface area contributed by atoms with E-state index in [0.717, 1.165) is 12.8 Å². The van der Waals surface area contributed by atoms with Crippen molar-refractivity contribution in [2.24, 2.45) is 17.1 Å². The highest BCUT2D eigenvalue weighted by atomic mass is 16.3. The first-order valence-corrected chi connectivity index (χ1v) is 6.64. The summed E-state index contributed by atoms with van der Waals surface area (Å²) in [6, 6.07) is -0.291. The molecule has 0 aromatic carbocycles. The van der Waals surface area contributed by atoms with Gasteiger partial charge >= 0.3 is 0 Å². The van der Waals surface area contributed by atoms with Gasteiger partial charge in [0.05, 0.1) is 6.04 Å². The molecule has 1 aliphatic carbocycles. The SMILES string of the molecule is CC(C)C(NCC1(CO)CCCCC1)C(N)=O. The zero-order chi connectivity index (χ0) is 12.9. The highest BCUT2D eigenvalue weighted by Gasteiger charge is 2.32. The van der Waals surface area contributed by atoms with Crippen molar-refractivity contribution in [2.45, 2.75) is 52.0 Å². The molecular formula is C13H26N2O2. The van der Waals surface area contributed by atoms with E-state index >= 15 is 0 Å². The highest BCUT2D eigenvalue weighted by molar-refractivity contribution is 5.80. The molecular weight excluding hydrogens is 216 g/mol. The number of nitrogens with two attached hydrogens (primary N) is 1. The maximum absolute atomic E-state index is 11.3. The van der Waals surface area contributed by atoms with Gasteiger partial charge in [-0.25, -0.2) is 0 Å². The molecule has 17 heavy (non-hydrogen) atoms. The second-order valence-corrected chi connectivity index (χ2v) is 5.72. The Hall–Kier alpha value is -0.610. The molecule has 0 aromatic rings. The smallest absolute Gasteiger partial charge is 0.234 e. The first kappa shape index (κ1) is 14.5. The summed E-state index contributed by atoms with van der Waals surface area (Å²) < 4.78 is 0. The topological polar surface area (TPSA) is 75.3 Å². The first-order valence-electron chi connectivity index (χ1n) is 6.64. The van der Waals surface area contributed by atoms with Crippen molar-refractivity contribution in [3.63, 3.8) is 0 Å². The quantitative estimate of drug-likeness (QED) is 0.651. The summed E-state index contributed by atoms with van der Waals surface area (Å²) in [6.07, 6.45) is 5.68. The molecule has 0 aliphatic heterocycles. The molecule has 1 fully saturated rings. The van der Waals surface area contributed by atoms with E-state index in [2.05, 4.69) is 5.32 Å². The molecule has 4 heteroatoms. The summed E-state index contributed by atoms with van der Waals surface area (Å²) in [7, 11) is 0. The minimum absolute atomic E-state index is 0.0408. The lowest BCUT2D eigenvalue weighted by Crippen LogP contribution is -2.50. The molecule has 0 saturated heterocycles. The van der Waals surface area contributed by atoms with Crippen LogP contribution in [0, 0.1) is 11.3 Å². The maximum Gasteiger partial charge on any atom is 0.234 e. The fraction of sp³-hybridized carbons (Fsp3) is 0.923. The molecule has 1 amide bonds. The van der Waals surface area contributed by atoms with Gasteiger partial charge in [-0.2, -0.15) is 0 Å². The molecule has 4 N–H and O–H groups in total. The van der Waals surface area contributed by atoms with Crippen LogP contribution in [0.5, 0.6) is 0 Å². The summed E-state index contributed by atoms with van der Waals surface area (Å²) in [6.45, 7) is 4.85. The van der Waals surface area contributed by atoms with Crippen molar-refractivity contribution in [2.75, 3.05) is 13.2 Å². The van der Waals surface area contributed by atoms with Crippen molar-refractivity contribution in [3.05, 3.63) is 0 Å². The molecule has 0 heterocycles. The number of hydrogen-bond donors (Lipinski definition) is 3. The third-order valence-corrected chi connectivity index (χ3v) is 3.92. The lowest BCUT2D eigenvalue weighted by molar-refractivity contribution is -0.121. The summed E-state index contributed by atoms with van der Waals surface area (Å²) >= 11 is 0. The Morgan fingerprint density at radius 1 is 1.35 bits per heavy atom. The molecule has 1 unspecified atom stereocenters. The predicted molar refractivity (Wildman–Crippen MR) is 68.4 cm³/mol. The van der Waals surface area contributed by atoms with E-state index in [0.29, 0.717) is 6.54 Å². The fourth-order valence-electron chi connectivity index (χ4n) is 2.68. The number of nitrogens with one attached hydrogen (secondary N) is 1. The summed E-state index contributed by atoms with van der Waals surface area (Å²) in [4.78, 5) is 11.3. The van der Waals surface area contributed by atoms with Crippen LogP contribution in [0.25, 0.3) is 0 Å². The van der Waals surface area contributed by atoms with Crippen molar-refractivity contribution in [1.29, 1.82) is 0 Å². The third kappa shape index (κ3) is 3.96. The Morgan fingerprint density at radius 2 is 1.94 bits per heavy atom. The monoisotopic (exact) mass is 242 g/mol. The number of carbonyl (C=O) groups excluding carboxylic acids is 1. The molecule has 0 aromatic heterocycles. The van der Waals surface area contributed by atoms with E-state index in [9.17, 15) is 9.90 Å². The van der Waals surface area contributed by atoms with Gasteiger partial charge in [-0.15, -0.1) is 0 Å². The van der Waals surface area contributed by atoms with Gasteiger partial charge in [-0.3, -0.25) is 4.79 Å². The van der Waals surface area contributed by atoms with Crippen LogP contribution in [0.1, 0.15) is 46.0 Å². The Labute approximate surface area is 104 Å². The van der Waals surface area contributed by atoms with Crippen molar-refractivity contribution in [3.8, 4) is 0 Å². The van der Waals surface area contributed by atoms with E-state index in [1.54, 1.807) is 0 Å². The van der Waals surface area contributed by atoms with Crippen LogP contribution in [-0.2, 0) is 4.79 Å². The number of hydrogen-bond acceptors (Lipinski definition) is 3. The summed E-state index contributed by atoms with van der Waals surface area (Å²) in [5, 5.41) is 12.8. The summed E-state index contributed by atoms with van der Waals surface area (Å²) in [5.74, 6) is -0.115. The number of carbonyl (C=O) groups is 1. The Morgan fingerprint density at radius 3 is 2.35 bits per heavy atom. The Bertz CT molecular complexity index is 248. The largest absolute Gasteiger partial charge is 0.396 e. The van der Waals surface area contributed by atoms with Gasteiger partial charge in [0, 0.05) is 18.6 Å². The zero-order valence-corrected chi connectivity index (χ0v) is 11.0. The van der Waals surface area contributed by atoms with Gasteiger partial charge in [0.25, 0.3) is 0 Å². The molecule has 4 nitrogen and oxygen atoms in total. The van der Waals surface area contributed by atoms with Crippen LogP contribution >= 0.6 is 0 Å².